The zero-order chi connectivity index (χ0) is 12.7. The Morgan fingerprint density at radius 2 is 2.06 bits per heavy atom. The largest absolute Gasteiger partial charge is 0.326 e. The molecule has 6 nitrogen and oxygen atoms in total. The zero-order valence-electron chi connectivity index (χ0n) is 9.98. The Morgan fingerprint density at radius 3 is 2.59 bits per heavy atom. The Hall–Kier alpha value is -0.660. The average Bonchev–Trinajstić information content (AvgIpc) is 2.49. The molecule has 1 atom stereocenters. The van der Waals surface area contributed by atoms with Gasteiger partial charge in [-0.3, -0.25) is 9.80 Å². The van der Waals surface area contributed by atoms with Crippen LogP contribution in [0.1, 0.15) is 26.2 Å². The number of amides is 1. The first-order valence-electron chi connectivity index (χ1n) is 5.86. The third-order valence-corrected chi connectivity index (χ3v) is 5.07. The van der Waals surface area contributed by atoms with E-state index in [0.717, 1.165) is 0 Å². The summed E-state index contributed by atoms with van der Waals surface area (Å²) in [6.07, 6.45) is 1.41. The van der Waals surface area contributed by atoms with Gasteiger partial charge in [0.2, 0.25) is 5.91 Å². The van der Waals surface area contributed by atoms with Crippen LogP contribution >= 0.6 is 0 Å². The summed E-state index contributed by atoms with van der Waals surface area (Å²) in [6, 6.07) is -0.0890. The van der Waals surface area contributed by atoms with Crippen molar-refractivity contribution in [2.45, 2.75) is 37.8 Å². The topological polar surface area (TPSA) is 92.5 Å². The van der Waals surface area contributed by atoms with Gasteiger partial charge in [-0.25, -0.2) is 13.8 Å². The Balaban J connectivity index is 2.03. The molecule has 2 aliphatic heterocycles. The van der Waals surface area contributed by atoms with Crippen LogP contribution in [0.5, 0.6) is 0 Å². The monoisotopic (exact) mass is 261 g/mol. The van der Waals surface area contributed by atoms with Crippen LogP contribution in [-0.4, -0.2) is 49.0 Å². The van der Waals surface area contributed by atoms with Crippen molar-refractivity contribution >= 4 is 15.7 Å². The first kappa shape index (κ1) is 12.8. The Morgan fingerprint density at radius 1 is 1.47 bits per heavy atom. The van der Waals surface area contributed by atoms with Gasteiger partial charge >= 0.3 is 0 Å². The maximum absolute atomic E-state index is 11.8. The van der Waals surface area contributed by atoms with E-state index >= 15 is 0 Å². The van der Waals surface area contributed by atoms with E-state index in [4.69, 9.17) is 5.73 Å². The van der Waals surface area contributed by atoms with E-state index in [0.29, 0.717) is 25.8 Å². The van der Waals surface area contributed by atoms with Gasteiger partial charge in [-0.1, -0.05) is 0 Å². The summed E-state index contributed by atoms with van der Waals surface area (Å²) < 4.78 is 22.8. The smallest absolute Gasteiger partial charge is 0.238 e. The highest BCUT2D eigenvalue weighted by Gasteiger charge is 2.46. The summed E-state index contributed by atoms with van der Waals surface area (Å²) in [5.41, 5.74) is 8.48. The zero-order valence-corrected chi connectivity index (χ0v) is 10.8. The average molecular weight is 261 g/mol. The molecule has 17 heavy (non-hydrogen) atoms. The molecule has 0 aromatic rings. The second-order valence-corrected chi connectivity index (χ2v) is 7.51. The number of carbonyl (C=O) groups excluding carboxylic acids is 1. The van der Waals surface area contributed by atoms with E-state index in [-0.39, 0.29) is 29.0 Å². The summed E-state index contributed by atoms with van der Waals surface area (Å²) in [6.45, 7) is 2.30. The maximum Gasteiger partial charge on any atom is 0.238 e. The third-order valence-electron chi connectivity index (χ3n) is 3.42. The predicted molar refractivity (Wildman–Crippen MR) is 63.7 cm³/mol. The number of sulfone groups is 1. The molecule has 1 spiro atoms. The second kappa shape index (κ2) is 4.22. The van der Waals surface area contributed by atoms with Crippen molar-refractivity contribution < 1.29 is 13.2 Å². The number of rotatable bonds is 2. The molecule has 0 aromatic carbocycles. The van der Waals surface area contributed by atoms with Crippen molar-refractivity contribution in [3.05, 3.63) is 0 Å². The lowest BCUT2D eigenvalue weighted by Crippen LogP contribution is -2.52. The number of nitrogens with zero attached hydrogens (tertiary/aromatic N) is 1. The molecule has 2 saturated heterocycles. The van der Waals surface area contributed by atoms with Crippen molar-refractivity contribution in [2.24, 2.45) is 5.73 Å². The minimum absolute atomic E-state index is 0.0154. The van der Waals surface area contributed by atoms with Gasteiger partial charge < -0.3 is 5.73 Å². The summed E-state index contributed by atoms with van der Waals surface area (Å²) >= 11 is 0. The van der Waals surface area contributed by atoms with Crippen LogP contribution in [0, 0.1) is 0 Å². The number of carbonyl (C=O) groups is 1. The van der Waals surface area contributed by atoms with Gasteiger partial charge in [-0.2, -0.15) is 0 Å². The molecule has 0 radical (unpaired) electrons. The van der Waals surface area contributed by atoms with E-state index < -0.39 is 9.84 Å². The lowest BCUT2D eigenvalue weighted by molar-refractivity contribution is -0.129. The highest BCUT2D eigenvalue weighted by Crippen LogP contribution is 2.32. The van der Waals surface area contributed by atoms with Gasteiger partial charge in [0, 0.05) is 18.0 Å². The van der Waals surface area contributed by atoms with Crippen molar-refractivity contribution in [2.75, 3.05) is 18.1 Å². The molecule has 98 valence electrons. The number of hydrazine groups is 1. The van der Waals surface area contributed by atoms with E-state index in [2.05, 4.69) is 5.43 Å². The molecular formula is C10H19N3O3S. The first-order valence-corrected chi connectivity index (χ1v) is 7.68. The van der Waals surface area contributed by atoms with E-state index in [1.807, 2.05) is 6.92 Å². The van der Waals surface area contributed by atoms with Gasteiger partial charge in [0.15, 0.2) is 0 Å². The molecule has 2 heterocycles. The quantitative estimate of drug-likeness (QED) is 0.666. The number of hydrogen-bond acceptors (Lipinski definition) is 5. The van der Waals surface area contributed by atoms with Crippen LogP contribution in [0.4, 0.5) is 0 Å². The minimum atomic E-state index is -2.90. The van der Waals surface area contributed by atoms with Crippen LogP contribution in [-0.2, 0) is 14.6 Å². The van der Waals surface area contributed by atoms with Gasteiger partial charge in [-0.05, 0) is 19.8 Å². The molecule has 7 heteroatoms. The van der Waals surface area contributed by atoms with Gasteiger partial charge in [-0.15, -0.1) is 0 Å². The van der Waals surface area contributed by atoms with E-state index in [1.165, 1.54) is 0 Å². The van der Waals surface area contributed by atoms with Crippen LogP contribution in [0.2, 0.25) is 0 Å². The van der Waals surface area contributed by atoms with Crippen LogP contribution in [0.15, 0.2) is 0 Å². The summed E-state index contributed by atoms with van der Waals surface area (Å²) in [7, 11) is -2.90. The molecule has 2 rings (SSSR count). The fraction of sp³-hybridized carbons (Fsp3) is 0.900. The standard InChI is InChI=1S/C10H19N3O3S/c1-8(11)7-13-9(14)6-10(12-13)2-4-17(15,16)5-3-10/h8,12H,2-7,11H2,1H3. The summed E-state index contributed by atoms with van der Waals surface area (Å²) in [5, 5.41) is 1.54. The molecule has 0 bridgehead atoms. The van der Waals surface area contributed by atoms with Crippen molar-refractivity contribution in [3.8, 4) is 0 Å². The summed E-state index contributed by atoms with van der Waals surface area (Å²) in [5.74, 6) is 0.347. The van der Waals surface area contributed by atoms with Crippen molar-refractivity contribution in [1.82, 2.24) is 10.4 Å². The minimum Gasteiger partial charge on any atom is -0.326 e. The fourth-order valence-corrected chi connectivity index (χ4v) is 4.03. The van der Waals surface area contributed by atoms with Crippen LogP contribution in [0.3, 0.4) is 0 Å². The highest BCUT2D eigenvalue weighted by atomic mass is 32.2. The molecular weight excluding hydrogens is 242 g/mol. The Labute approximate surface area is 101 Å². The van der Waals surface area contributed by atoms with Crippen LogP contribution in [0.25, 0.3) is 0 Å². The maximum atomic E-state index is 11.8. The molecule has 0 aliphatic carbocycles. The fourth-order valence-electron chi connectivity index (χ4n) is 2.43. The number of nitrogens with two attached hydrogens (primary N) is 1. The molecule has 0 aromatic heterocycles. The predicted octanol–water partition coefficient (Wildman–Crippen LogP) is -0.982. The lowest BCUT2D eigenvalue weighted by Gasteiger charge is -2.33. The Kier molecular flexibility index (Phi) is 3.17. The van der Waals surface area contributed by atoms with E-state index in [9.17, 15) is 13.2 Å². The Bertz CT molecular complexity index is 405. The molecule has 2 fully saturated rings. The second-order valence-electron chi connectivity index (χ2n) is 5.20. The van der Waals surface area contributed by atoms with Crippen molar-refractivity contribution in [3.63, 3.8) is 0 Å². The van der Waals surface area contributed by atoms with Crippen LogP contribution < -0.4 is 11.2 Å². The lowest BCUT2D eigenvalue weighted by atomic mass is 9.91. The summed E-state index contributed by atoms with van der Waals surface area (Å²) in [4.78, 5) is 11.8. The van der Waals surface area contributed by atoms with Crippen molar-refractivity contribution in [1.29, 1.82) is 0 Å². The SMILES string of the molecule is CC(N)CN1NC2(CCS(=O)(=O)CC2)CC1=O. The number of nitrogens with one attached hydrogen (secondary N) is 1. The van der Waals surface area contributed by atoms with Gasteiger partial charge in [0.05, 0.1) is 18.1 Å². The van der Waals surface area contributed by atoms with Gasteiger partial charge in [0.25, 0.3) is 0 Å². The molecule has 3 N–H and O–H groups in total. The molecule has 0 saturated carbocycles. The molecule has 1 amide bonds. The van der Waals surface area contributed by atoms with E-state index in [1.54, 1.807) is 5.01 Å². The van der Waals surface area contributed by atoms with Gasteiger partial charge in [0.1, 0.15) is 9.84 Å². The number of hydrogen-bond donors (Lipinski definition) is 2. The molecule has 1 unspecified atom stereocenters. The highest BCUT2D eigenvalue weighted by molar-refractivity contribution is 7.91. The molecule has 2 aliphatic rings. The first-order chi connectivity index (χ1) is 7.82. The third kappa shape index (κ3) is 2.78. The normalized spacial score (nSPS) is 28.6.